The molecule has 0 radical (unpaired) electrons. The van der Waals surface area contributed by atoms with Gasteiger partial charge in [0.15, 0.2) is 6.61 Å². The van der Waals surface area contributed by atoms with Crippen LogP contribution in [0.4, 0.5) is 5.00 Å². The fourth-order valence-corrected chi connectivity index (χ4v) is 5.47. The lowest BCUT2D eigenvalue weighted by atomic mass is 9.95. The van der Waals surface area contributed by atoms with Crippen molar-refractivity contribution in [2.75, 3.05) is 5.32 Å². The van der Waals surface area contributed by atoms with Crippen LogP contribution in [0.3, 0.4) is 0 Å². The van der Waals surface area contributed by atoms with Gasteiger partial charge in [0, 0.05) is 17.3 Å². The minimum absolute atomic E-state index is 0.117. The summed E-state index contributed by atoms with van der Waals surface area (Å²) in [5.74, 6) is -0.145. The molecule has 1 aliphatic rings. The summed E-state index contributed by atoms with van der Waals surface area (Å²) in [5.41, 5.74) is 1.80. The van der Waals surface area contributed by atoms with Crippen LogP contribution >= 0.6 is 22.7 Å². The standard InChI is InChI=1S/C22H18N4O4S2/c27-19(13-5-3-9-23-11-13)25-21-18(14-6-1-2-7-15(14)32-21)22(28)29-12-17-24-20(30-26-17)16-8-4-10-31-16/h3-5,8-11H,1-2,6-7,12H2,(H,25,27). The van der Waals surface area contributed by atoms with Gasteiger partial charge in [0.1, 0.15) is 5.00 Å². The highest BCUT2D eigenvalue weighted by atomic mass is 32.1. The third-order valence-corrected chi connectivity index (χ3v) is 7.12. The maximum absolute atomic E-state index is 13.1. The molecule has 4 aromatic rings. The van der Waals surface area contributed by atoms with Crippen LogP contribution in [0.2, 0.25) is 0 Å². The lowest BCUT2D eigenvalue weighted by Gasteiger charge is -2.12. The molecule has 0 saturated heterocycles. The number of carbonyl (C=O) groups excluding carboxylic acids is 2. The summed E-state index contributed by atoms with van der Waals surface area (Å²) in [6.07, 6.45) is 6.82. The Hall–Kier alpha value is -3.37. The number of pyridine rings is 1. The van der Waals surface area contributed by atoms with Crippen molar-refractivity contribution in [3.05, 3.63) is 69.4 Å². The molecule has 4 heterocycles. The third-order valence-electron chi connectivity index (χ3n) is 5.06. The fraction of sp³-hybridized carbons (Fsp3) is 0.227. The molecule has 4 aromatic heterocycles. The number of aromatic nitrogens is 3. The van der Waals surface area contributed by atoms with Gasteiger partial charge in [0.05, 0.1) is 16.0 Å². The summed E-state index contributed by atoms with van der Waals surface area (Å²) in [6.45, 7) is -0.117. The number of thiophene rings is 2. The highest BCUT2D eigenvalue weighted by Gasteiger charge is 2.28. The van der Waals surface area contributed by atoms with Gasteiger partial charge >= 0.3 is 5.97 Å². The van der Waals surface area contributed by atoms with Crippen LogP contribution in [0.1, 0.15) is 49.8 Å². The average molecular weight is 467 g/mol. The number of amides is 1. The number of nitrogens with one attached hydrogen (secondary N) is 1. The Morgan fingerprint density at radius 2 is 2.09 bits per heavy atom. The maximum atomic E-state index is 13.1. The average Bonchev–Trinajstić information content (AvgIpc) is 3.57. The number of rotatable bonds is 6. The van der Waals surface area contributed by atoms with E-state index in [0.29, 0.717) is 22.0 Å². The van der Waals surface area contributed by atoms with Crippen molar-refractivity contribution in [1.29, 1.82) is 0 Å². The van der Waals surface area contributed by atoms with Gasteiger partial charge in [-0.2, -0.15) is 4.98 Å². The fourth-order valence-electron chi connectivity index (χ4n) is 3.56. The SMILES string of the molecule is O=C(Nc1sc2c(c1C(=O)OCc1noc(-c3cccs3)n1)CCCC2)c1cccnc1. The van der Waals surface area contributed by atoms with E-state index in [2.05, 4.69) is 20.4 Å². The quantitative estimate of drug-likeness (QED) is 0.409. The predicted octanol–water partition coefficient (Wildman–Crippen LogP) is 4.74. The minimum Gasteiger partial charge on any atom is -0.454 e. The Morgan fingerprint density at radius 1 is 1.19 bits per heavy atom. The first-order valence-corrected chi connectivity index (χ1v) is 11.8. The molecule has 32 heavy (non-hydrogen) atoms. The Balaban J connectivity index is 1.35. The normalized spacial score (nSPS) is 12.9. The summed E-state index contributed by atoms with van der Waals surface area (Å²) in [6, 6.07) is 7.14. The number of hydrogen-bond acceptors (Lipinski definition) is 9. The summed E-state index contributed by atoms with van der Waals surface area (Å²) in [4.78, 5) is 36.0. The van der Waals surface area contributed by atoms with E-state index in [9.17, 15) is 9.59 Å². The Morgan fingerprint density at radius 3 is 2.91 bits per heavy atom. The number of aryl methyl sites for hydroxylation is 1. The number of esters is 1. The zero-order chi connectivity index (χ0) is 21.9. The Labute approximate surface area is 191 Å². The largest absolute Gasteiger partial charge is 0.454 e. The molecule has 1 amide bonds. The molecule has 0 aliphatic heterocycles. The molecule has 0 bridgehead atoms. The number of ether oxygens (including phenoxy) is 1. The molecule has 162 valence electrons. The van der Waals surface area contributed by atoms with Crippen LogP contribution in [0.5, 0.6) is 0 Å². The van der Waals surface area contributed by atoms with Crippen molar-refractivity contribution in [1.82, 2.24) is 15.1 Å². The lowest BCUT2D eigenvalue weighted by Crippen LogP contribution is -2.16. The van der Waals surface area contributed by atoms with Gasteiger partial charge in [-0.15, -0.1) is 22.7 Å². The van der Waals surface area contributed by atoms with Crippen molar-refractivity contribution in [3.8, 4) is 10.8 Å². The third kappa shape index (κ3) is 4.19. The molecule has 0 spiro atoms. The first-order chi connectivity index (χ1) is 15.7. The van der Waals surface area contributed by atoms with Gasteiger partial charge in [0.25, 0.3) is 11.8 Å². The first kappa shape index (κ1) is 20.5. The van der Waals surface area contributed by atoms with Crippen LogP contribution in [0.15, 0.2) is 46.6 Å². The second-order valence-electron chi connectivity index (χ2n) is 7.18. The lowest BCUT2D eigenvalue weighted by molar-refractivity contribution is 0.0460. The summed E-state index contributed by atoms with van der Waals surface area (Å²) in [5, 5.41) is 9.19. The molecular formula is C22H18N4O4S2. The van der Waals surface area contributed by atoms with E-state index in [4.69, 9.17) is 9.26 Å². The monoisotopic (exact) mass is 466 g/mol. The number of anilines is 1. The van der Waals surface area contributed by atoms with Crippen LogP contribution in [-0.2, 0) is 24.2 Å². The topological polar surface area (TPSA) is 107 Å². The number of nitrogens with zero attached hydrogens (tertiary/aromatic N) is 3. The second-order valence-corrected chi connectivity index (χ2v) is 9.23. The van der Waals surface area contributed by atoms with E-state index in [0.717, 1.165) is 41.0 Å². The molecule has 1 N–H and O–H groups in total. The predicted molar refractivity (Wildman–Crippen MR) is 120 cm³/mol. The van der Waals surface area contributed by atoms with E-state index in [1.54, 1.807) is 18.3 Å². The Kier molecular flexibility index (Phi) is 5.78. The maximum Gasteiger partial charge on any atom is 0.341 e. The molecule has 1 aliphatic carbocycles. The van der Waals surface area contributed by atoms with E-state index < -0.39 is 5.97 Å². The molecule has 0 saturated carbocycles. The summed E-state index contributed by atoms with van der Waals surface area (Å²) < 4.78 is 10.8. The van der Waals surface area contributed by atoms with Crippen LogP contribution < -0.4 is 5.32 Å². The van der Waals surface area contributed by atoms with Gasteiger partial charge in [-0.25, -0.2) is 4.79 Å². The zero-order valence-corrected chi connectivity index (χ0v) is 18.5. The van der Waals surface area contributed by atoms with Crippen molar-refractivity contribution < 1.29 is 18.8 Å². The zero-order valence-electron chi connectivity index (χ0n) is 16.9. The molecule has 5 rings (SSSR count). The van der Waals surface area contributed by atoms with Gasteiger partial charge < -0.3 is 14.6 Å². The van der Waals surface area contributed by atoms with Crippen LogP contribution in [0, 0.1) is 0 Å². The van der Waals surface area contributed by atoms with Gasteiger partial charge in [0.2, 0.25) is 5.82 Å². The molecule has 0 aromatic carbocycles. The van der Waals surface area contributed by atoms with Gasteiger partial charge in [-0.1, -0.05) is 11.2 Å². The molecular weight excluding hydrogens is 448 g/mol. The van der Waals surface area contributed by atoms with Crippen LogP contribution in [-0.4, -0.2) is 27.0 Å². The van der Waals surface area contributed by atoms with E-state index >= 15 is 0 Å². The first-order valence-electron chi connectivity index (χ1n) is 10.1. The molecule has 0 fully saturated rings. The molecule has 0 unspecified atom stereocenters. The van der Waals surface area contributed by atoms with E-state index in [1.165, 1.54) is 28.9 Å². The van der Waals surface area contributed by atoms with Crippen molar-refractivity contribution >= 4 is 39.6 Å². The minimum atomic E-state index is -0.506. The summed E-state index contributed by atoms with van der Waals surface area (Å²) >= 11 is 2.92. The summed E-state index contributed by atoms with van der Waals surface area (Å²) in [7, 11) is 0. The molecule has 10 heteroatoms. The Bertz CT molecular complexity index is 1250. The van der Waals surface area contributed by atoms with Gasteiger partial charge in [-0.05, 0) is 54.8 Å². The second kappa shape index (κ2) is 9.01. The van der Waals surface area contributed by atoms with Gasteiger partial charge in [-0.3, -0.25) is 9.78 Å². The van der Waals surface area contributed by atoms with E-state index in [1.807, 2.05) is 17.5 Å². The van der Waals surface area contributed by atoms with E-state index in [-0.39, 0.29) is 18.3 Å². The van der Waals surface area contributed by atoms with Crippen LogP contribution in [0.25, 0.3) is 10.8 Å². The highest BCUT2D eigenvalue weighted by Crippen LogP contribution is 2.39. The smallest absolute Gasteiger partial charge is 0.341 e. The van der Waals surface area contributed by atoms with Crippen molar-refractivity contribution in [2.24, 2.45) is 0 Å². The number of hydrogen-bond donors (Lipinski definition) is 1. The van der Waals surface area contributed by atoms with Crippen molar-refractivity contribution in [2.45, 2.75) is 32.3 Å². The highest BCUT2D eigenvalue weighted by molar-refractivity contribution is 7.17. The molecule has 0 atom stereocenters. The number of carbonyl (C=O) groups is 2. The van der Waals surface area contributed by atoms with Crippen molar-refractivity contribution in [3.63, 3.8) is 0 Å². The number of fused-ring (bicyclic) bond motifs is 1. The molecule has 8 nitrogen and oxygen atoms in total.